The fourth-order valence-corrected chi connectivity index (χ4v) is 3.41. The quantitative estimate of drug-likeness (QED) is 0.827. The number of aromatic nitrogens is 1. The molecule has 2 aliphatic heterocycles. The number of hydrogen-bond acceptors (Lipinski definition) is 4. The van der Waals surface area contributed by atoms with E-state index in [1.165, 1.54) is 38.8 Å². The van der Waals surface area contributed by atoms with Gasteiger partial charge in [-0.05, 0) is 51.4 Å². The van der Waals surface area contributed by atoms with Crippen molar-refractivity contribution in [3.05, 3.63) is 23.4 Å². The van der Waals surface area contributed by atoms with Gasteiger partial charge in [-0.3, -0.25) is 4.90 Å². The third kappa shape index (κ3) is 2.78. The molecule has 0 saturated carbocycles. The Hall–Kier alpha value is -1.60. The minimum atomic E-state index is 0.670. The van der Waals surface area contributed by atoms with Gasteiger partial charge >= 0.3 is 0 Å². The van der Waals surface area contributed by atoms with Crippen molar-refractivity contribution in [1.29, 1.82) is 5.26 Å². The van der Waals surface area contributed by atoms with Crippen molar-refractivity contribution in [3.8, 4) is 6.07 Å². The van der Waals surface area contributed by atoms with E-state index in [1.807, 2.05) is 19.1 Å². The molecule has 1 aromatic rings. The van der Waals surface area contributed by atoms with E-state index >= 15 is 0 Å². The first-order valence-electron chi connectivity index (χ1n) is 7.64. The molecule has 0 amide bonds. The fraction of sp³-hybridized carbons (Fsp3) is 0.625. The van der Waals surface area contributed by atoms with Crippen molar-refractivity contribution in [1.82, 2.24) is 9.88 Å². The summed E-state index contributed by atoms with van der Waals surface area (Å²) in [6.45, 7) is 6.58. The Morgan fingerprint density at radius 1 is 1.20 bits per heavy atom. The van der Waals surface area contributed by atoms with Gasteiger partial charge in [0.1, 0.15) is 5.82 Å². The van der Waals surface area contributed by atoms with Crippen LogP contribution in [0, 0.1) is 18.3 Å². The number of piperidine rings is 1. The summed E-state index contributed by atoms with van der Waals surface area (Å²) < 4.78 is 0. The van der Waals surface area contributed by atoms with E-state index in [2.05, 4.69) is 20.9 Å². The first kappa shape index (κ1) is 13.4. The molecule has 2 aliphatic rings. The Morgan fingerprint density at radius 2 is 2.00 bits per heavy atom. The van der Waals surface area contributed by atoms with Gasteiger partial charge in [-0.15, -0.1) is 0 Å². The summed E-state index contributed by atoms with van der Waals surface area (Å²) in [5.41, 5.74) is 1.65. The molecular weight excluding hydrogens is 248 g/mol. The summed E-state index contributed by atoms with van der Waals surface area (Å²) in [6, 6.07) is 6.67. The second kappa shape index (κ2) is 5.80. The summed E-state index contributed by atoms with van der Waals surface area (Å²) in [6.07, 6.45) is 5.30. The van der Waals surface area contributed by atoms with E-state index in [-0.39, 0.29) is 0 Å². The van der Waals surface area contributed by atoms with Gasteiger partial charge < -0.3 is 4.90 Å². The van der Waals surface area contributed by atoms with Gasteiger partial charge in [0.15, 0.2) is 0 Å². The van der Waals surface area contributed by atoms with E-state index in [1.54, 1.807) is 0 Å². The van der Waals surface area contributed by atoms with Gasteiger partial charge in [0, 0.05) is 24.8 Å². The number of nitriles is 1. The molecule has 0 aromatic carbocycles. The van der Waals surface area contributed by atoms with Crippen LogP contribution in [0.25, 0.3) is 0 Å². The van der Waals surface area contributed by atoms with Crippen molar-refractivity contribution in [2.75, 3.05) is 31.1 Å². The number of anilines is 1. The molecule has 4 nitrogen and oxygen atoms in total. The highest BCUT2D eigenvalue weighted by Crippen LogP contribution is 2.24. The van der Waals surface area contributed by atoms with Crippen molar-refractivity contribution in [2.45, 2.75) is 38.6 Å². The van der Waals surface area contributed by atoms with Gasteiger partial charge in [0.2, 0.25) is 0 Å². The van der Waals surface area contributed by atoms with Gasteiger partial charge in [-0.25, -0.2) is 4.98 Å². The van der Waals surface area contributed by atoms with Crippen LogP contribution >= 0.6 is 0 Å². The first-order valence-corrected chi connectivity index (χ1v) is 7.64. The van der Waals surface area contributed by atoms with Crippen LogP contribution in [0.15, 0.2) is 12.1 Å². The normalized spacial score (nSPS) is 23.8. The number of aryl methyl sites for hydroxylation is 1. The second-order valence-electron chi connectivity index (χ2n) is 5.95. The number of hydrogen-bond donors (Lipinski definition) is 0. The van der Waals surface area contributed by atoms with Gasteiger partial charge in [0.25, 0.3) is 0 Å². The van der Waals surface area contributed by atoms with Crippen LogP contribution in [0.2, 0.25) is 0 Å². The smallest absolute Gasteiger partial charge is 0.130 e. The Bertz CT molecular complexity index is 514. The van der Waals surface area contributed by atoms with Crippen LogP contribution in [0.5, 0.6) is 0 Å². The molecule has 0 aliphatic carbocycles. The zero-order chi connectivity index (χ0) is 13.9. The third-order valence-corrected chi connectivity index (χ3v) is 4.46. The number of likely N-dealkylation sites (tertiary alicyclic amines) is 1. The molecule has 4 heteroatoms. The predicted octanol–water partition coefficient (Wildman–Crippen LogP) is 2.33. The predicted molar refractivity (Wildman–Crippen MR) is 79.7 cm³/mol. The van der Waals surface area contributed by atoms with E-state index < -0.39 is 0 Å². The Kier molecular flexibility index (Phi) is 3.88. The largest absolute Gasteiger partial charge is 0.355 e. The molecule has 1 unspecified atom stereocenters. The zero-order valence-corrected chi connectivity index (χ0v) is 12.2. The van der Waals surface area contributed by atoms with Crippen LogP contribution in [0.3, 0.4) is 0 Å². The maximum absolute atomic E-state index is 9.08. The highest BCUT2D eigenvalue weighted by atomic mass is 15.3. The molecule has 106 valence electrons. The van der Waals surface area contributed by atoms with Crippen LogP contribution in [-0.2, 0) is 0 Å². The standard InChI is InChI=1S/C16H22N4/c1-13-9-14(11-17)10-16(18-13)20-8-5-15(12-20)19-6-3-2-4-7-19/h9-10,15H,2-8,12H2,1H3. The van der Waals surface area contributed by atoms with Crippen LogP contribution in [-0.4, -0.2) is 42.1 Å². The van der Waals surface area contributed by atoms with Crippen molar-refractivity contribution in [2.24, 2.45) is 0 Å². The lowest BCUT2D eigenvalue weighted by molar-refractivity contribution is 0.175. The molecule has 2 saturated heterocycles. The van der Waals surface area contributed by atoms with Gasteiger partial charge in [-0.1, -0.05) is 6.42 Å². The Morgan fingerprint density at radius 3 is 2.75 bits per heavy atom. The van der Waals surface area contributed by atoms with E-state index in [9.17, 15) is 0 Å². The maximum atomic E-state index is 9.08. The summed E-state index contributed by atoms with van der Waals surface area (Å²) in [4.78, 5) is 9.58. The second-order valence-corrected chi connectivity index (χ2v) is 5.95. The van der Waals surface area contributed by atoms with E-state index in [0.717, 1.165) is 24.6 Å². The molecule has 0 radical (unpaired) electrons. The molecule has 1 aromatic heterocycles. The lowest BCUT2D eigenvalue weighted by atomic mass is 10.1. The molecule has 3 rings (SSSR count). The Labute approximate surface area is 121 Å². The zero-order valence-electron chi connectivity index (χ0n) is 12.2. The summed E-state index contributed by atoms with van der Waals surface area (Å²) in [7, 11) is 0. The molecular formula is C16H22N4. The molecule has 0 bridgehead atoms. The average Bonchev–Trinajstić information content (AvgIpc) is 2.97. The van der Waals surface area contributed by atoms with Crippen LogP contribution in [0.1, 0.15) is 36.9 Å². The highest BCUT2D eigenvalue weighted by Gasteiger charge is 2.29. The molecule has 20 heavy (non-hydrogen) atoms. The van der Waals surface area contributed by atoms with Crippen molar-refractivity contribution >= 4 is 5.82 Å². The number of nitrogens with zero attached hydrogens (tertiary/aromatic N) is 4. The van der Waals surface area contributed by atoms with Crippen molar-refractivity contribution in [3.63, 3.8) is 0 Å². The monoisotopic (exact) mass is 270 g/mol. The molecule has 1 atom stereocenters. The SMILES string of the molecule is Cc1cc(C#N)cc(N2CCC(N3CCCCC3)C2)n1. The summed E-state index contributed by atoms with van der Waals surface area (Å²) >= 11 is 0. The Balaban J connectivity index is 1.70. The minimum absolute atomic E-state index is 0.670. The van der Waals surface area contributed by atoms with E-state index in [0.29, 0.717) is 11.6 Å². The number of rotatable bonds is 2. The lowest BCUT2D eigenvalue weighted by Crippen LogP contribution is -2.41. The molecule has 0 spiro atoms. The first-order chi connectivity index (χ1) is 9.76. The average molecular weight is 270 g/mol. The van der Waals surface area contributed by atoms with Crippen molar-refractivity contribution < 1.29 is 0 Å². The van der Waals surface area contributed by atoms with Crippen LogP contribution in [0.4, 0.5) is 5.82 Å². The van der Waals surface area contributed by atoms with Crippen LogP contribution < -0.4 is 4.90 Å². The summed E-state index contributed by atoms with van der Waals surface area (Å²) in [5, 5.41) is 9.08. The van der Waals surface area contributed by atoms with E-state index in [4.69, 9.17) is 5.26 Å². The minimum Gasteiger partial charge on any atom is -0.355 e. The topological polar surface area (TPSA) is 43.2 Å². The molecule has 0 N–H and O–H groups in total. The maximum Gasteiger partial charge on any atom is 0.130 e. The third-order valence-electron chi connectivity index (χ3n) is 4.46. The fourth-order valence-electron chi connectivity index (χ4n) is 3.41. The molecule has 2 fully saturated rings. The van der Waals surface area contributed by atoms with Gasteiger partial charge in [0.05, 0.1) is 11.6 Å². The highest BCUT2D eigenvalue weighted by molar-refractivity contribution is 5.47. The number of pyridine rings is 1. The summed E-state index contributed by atoms with van der Waals surface area (Å²) in [5.74, 6) is 0.973. The van der Waals surface area contributed by atoms with Gasteiger partial charge in [-0.2, -0.15) is 5.26 Å². The lowest BCUT2D eigenvalue weighted by Gasteiger charge is -2.32. The molecule has 3 heterocycles.